The van der Waals surface area contributed by atoms with Crippen LogP contribution in [0.2, 0.25) is 0 Å². The normalized spacial score (nSPS) is 14.1. The molecule has 0 heterocycles. The van der Waals surface area contributed by atoms with Gasteiger partial charge in [-0.05, 0) is 83.6 Å². The molecule has 0 aliphatic heterocycles. The summed E-state index contributed by atoms with van der Waals surface area (Å²) in [7, 11) is 4.26. The van der Waals surface area contributed by atoms with Crippen molar-refractivity contribution in [3.05, 3.63) is 249 Å². The summed E-state index contributed by atoms with van der Waals surface area (Å²) in [6.07, 6.45) is 0. The molecule has 306 valence electrons. The largest absolute Gasteiger partial charge is 0.507 e. The summed E-state index contributed by atoms with van der Waals surface area (Å²) in [6, 6.07) is 64.6. The van der Waals surface area contributed by atoms with E-state index in [1.807, 2.05) is 0 Å². The summed E-state index contributed by atoms with van der Waals surface area (Å²) in [5.74, 6) is 0.677. The first-order chi connectivity index (χ1) is 30.2. The second-order valence-electron chi connectivity index (χ2n) is 17.5. The predicted molar refractivity (Wildman–Crippen MR) is 253 cm³/mol. The minimum absolute atomic E-state index is 0.339. The highest BCUT2D eigenvalue weighted by Crippen LogP contribution is 2.59. The van der Waals surface area contributed by atoms with Gasteiger partial charge in [-0.15, -0.1) is 0 Å². The standard InChI is InChI=1S/C58H52N2O2/c1-39-33-41(55(61)53(35-39)57(43-19-7-5-8-20-43)49-27-15-11-23-45(49)46-24-12-16-28-50(46)57)37-59(3)31-32-60(4)38-42-34-40(2)36-54(56(42)62)58(44-21-9-6-10-22-44)51-29-17-13-25-47(51)48-26-14-18-30-52(48)58/h5-30,33-36,61-62H,31-32,37-38H2,1-4H3. The summed E-state index contributed by atoms with van der Waals surface area (Å²) < 4.78 is 0. The fraction of sp³-hybridized carbons (Fsp3) is 0.172. The lowest BCUT2D eigenvalue weighted by Gasteiger charge is -2.35. The summed E-state index contributed by atoms with van der Waals surface area (Å²) in [5, 5.41) is 25.0. The molecule has 10 rings (SSSR count). The van der Waals surface area contributed by atoms with Crippen LogP contribution in [0.1, 0.15) is 66.8 Å². The first kappa shape index (κ1) is 39.4. The second-order valence-corrected chi connectivity index (χ2v) is 17.5. The Morgan fingerprint density at radius 2 is 0.661 bits per heavy atom. The van der Waals surface area contributed by atoms with Crippen molar-refractivity contribution in [1.29, 1.82) is 0 Å². The molecule has 0 radical (unpaired) electrons. The molecule has 2 aliphatic rings. The quantitative estimate of drug-likeness (QED) is 0.137. The predicted octanol–water partition coefficient (Wildman–Crippen LogP) is 12.0. The van der Waals surface area contributed by atoms with Crippen molar-refractivity contribution in [2.24, 2.45) is 0 Å². The highest BCUT2D eigenvalue weighted by molar-refractivity contribution is 5.88. The van der Waals surface area contributed by atoms with Crippen molar-refractivity contribution < 1.29 is 10.2 Å². The maximum Gasteiger partial charge on any atom is 0.124 e. The number of benzene rings is 8. The minimum atomic E-state index is -0.672. The smallest absolute Gasteiger partial charge is 0.124 e. The summed E-state index contributed by atoms with van der Waals surface area (Å²) in [4.78, 5) is 4.58. The van der Waals surface area contributed by atoms with Crippen molar-refractivity contribution in [2.75, 3.05) is 27.2 Å². The Morgan fingerprint density at radius 1 is 0.371 bits per heavy atom. The minimum Gasteiger partial charge on any atom is -0.507 e. The van der Waals surface area contributed by atoms with Gasteiger partial charge in [0.2, 0.25) is 0 Å². The molecule has 8 aromatic carbocycles. The van der Waals surface area contributed by atoms with Gasteiger partial charge in [-0.1, -0.05) is 193 Å². The SMILES string of the molecule is Cc1cc(CN(C)CCN(C)Cc2cc(C)cc(C3(c4ccccc4)c4ccccc4-c4ccccc43)c2O)c(O)c(C2(c3ccccc3)c3ccccc3-c3ccccc32)c1. The lowest BCUT2D eigenvalue weighted by atomic mass is 9.67. The van der Waals surface area contributed by atoms with E-state index in [0.717, 1.165) is 57.6 Å². The number of likely N-dealkylation sites (N-methyl/N-ethyl adjacent to an activating group) is 2. The van der Waals surface area contributed by atoms with Gasteiger partial charge < -0.3 is 20.0 Å². The second kappa shape index (κ2) is 15.6. The van der Waals surface area contributed by atoms with Gasteiger partial charge >= 0.3 is 0 Å². The highest BCUT2D eigenvalue weighted by Gasteiger charge is 2.49. The van der Waals surface area contributed by atoms with Gasteiger partial charge in [0.05, 0.1) is 10.8 Å². The van der Waals surface area contributed by atoms with E-state index in [1.54, 1.807) is 0 Å². The number of aromatic hydroxyl groups is 2. The van der Waals surface area contributed by atoms with Crippen LogP contribution in [0.15, 0.2) is 182 Å². The molecule has 0 saturated carbocycles. The van der Waals surface area contributed by atoms with Crippen LogP contribution in [0.3, 0.4) is 0 Å². The zero-order valence-corrected chi connectivity index (χ0v) is 35.9. The third kappa shape index (κ3) is 6.12. The molecule has 0 spiro atoms. The average Bonchev–Trinajstić information content (AvgIpc) is 3.77. The number of hydrogen-bond acceptors (Lipinski definition) is 4. The Morgan fingerprint density at radius 3 is 0.984 bits per heavy atom. The van der Waals surface area contributed by atoms with E-state index in [1.165, 1.54) is 44.5 Å². The number of phenols is 2. The first-order valence-corrected chi connectivity index (χ1v) is 21.8. The van der Waals surface area contributed by atoms with Crippen LogP contribution >= 0.6 is 0 Å². The van der Waals surface area contributed by atoms with Crippen LogP contribution in [0.25, 0.3) is 22.3 Å². The molecule has 2 aliphatic carbocycles. The van der Waals surface area contributed by atoms with Crippen LogP contribution in [0.5, 0.6) is 11.5 Å². The van der Waals surface area contributed by atoms with Gasteiger partial charge in [0.25, 0.3) is 0 Å². The molecular weight excluding hydrogens is 757 g/mol. The summed E-state index contributed by atoms with van der Waals surface area (Å²) >= 11 is 0. The van der Waals surface area contributed by atoms with Gasteiger partial charge in [0.15, 0.2) is 0 Å². The fourth-order valence-corrected chi connectivity index (χ4v) is 11.0. The van der Waals surface area contributed by atoms with Crippen LogP contribution in [0.4, 0.5) is 0 Å². The molecule has 0 atom stereocenters. The lowest BCUT2D eigenvalue weighted by Crippen LogP contribution is -2.32. The van der Waals surface area contributed by atoms with Crippen molar-refractivity contribution in [2.45, 2.75) is 37.8 Å². The van der Waals surface area contributed by atoms with Crippen molar-refractivity contribution in [1.82, 2.24) is 9.80 Å². The molecule has 4 heteroatoms. The lowest BCUT2D eigenvalue weighted by molar-refractivity contribution is 0.243. The van der Waals surface area contributed by atoms with E-state index in [0.29, 0.717) is 24.6 Å². The molecule has 0 amide bonds. The molecular formula is C58H52N2O2. The number of phenolic OH excluding ortho intramolecular Hbond substituents is 2. The summed E-state index contributed by atoms with van der Waals surface area (Å²) in [6.45, 7) is 6.98. The topological polar surface area (TPSA) is 46.9 Å². The zero-order valence-electron chi connectivity index (χ0n) is 35.9. The number of hydrogen-bond donors (Lipinski definition) is 2. The van der Waals surface area contributed by atoms with Crippen molar-refractivity contribution >= 4 is 0 Å². The molecule has 0 saturated heterocycles. The van der Waals surface area contributed by atoms with E-state index < -0.39 is 10.8 Å². The highest BCUT2D eigenvalue weighted by atomic mass is 16.3. The fourth-order valence-electron chi connectivity index (χ4n) is 11.0. The molecule has 4 nitrogen and oxygen atoms in total. The third-order valence-corrected chi connectivity index (χ3v) is 13.5. The Balaban J connectivity index is 0.949. The van der Waals surface area contributed by atoms with Crippen molar-refractivity contribution in [3.8, 4) is 33.8 Å². The summed E-state index contributed by atoms with van der Waals surface area (Å²) in [5.41, 5.74) is 16.4. The van der Waals surface area contributed by atoms with Crippen LogP contribution in [-0.4, -0.2) is 47.2 Å². The molecule has 2 N–H and O–H groups in total. The van der Waals surface area contributed by atoms with Gasteiger partial charge in [-0.2, -0.15) is 0 Å². The third-order valence-electron chi connectivity index (χ3n) is 13.5. The molecule has 0 aromatic heterocycles. The Hall–Kier alpha value is -6.72. The molecule has 0 fully saturated rings. The average molecular weight is 809 g/mol. The van der Waals surface area contributed by atoms with E-state index in [2.05, 4.69) is 220 Å². The van der Waals surface area contributed by atoms with E-state index in [9.17, 15) is 10.2 Å². The van der Waals surface area contributed by atoms with E-state index in [4.69, 9.17) is 0 Å². The monoisotopic (exact) mass is 808 g/mol. The maximum absolute atomic E-state index is 12.5. The molecule has 8 aromatic rings. The van der Waals surface area contributed by atoms with Gasteiger partial charge in [-0.25, -0.2) is 0 Å². The van der Waals surface area contributed by atoms with Gasteiger partial charge in [0, 0.05) is 48.4 Å². The Labute approximate surface area is 366 Å². The first-order valence-electron chi connectivity index (χ1n) is 21.8. The van der Waals surface area contributed by atoms with Crippen LogP contribution < -0.4 is 0 Å². The van der Waals surface area contributed by atoms with Crippen molar-refractivity contribution in [3.63, 3.8) is 0 Å². The van der Waals surface area contributed by atoms with E-state index >= 15 is 0 Å². The van der Waals surface area contributed by atoms with Crippen LogP contribution in [-0.2, 0) is 23.9 Å². The number of fused-ring (bicyclic) bond motifs is 6. The Bertz CT molecular complexity index is 2660. The zero-order chi connectivity index (χ0) is 42.6. The Kier molecular flexibility index (Phi) is 9.94. The number of aryl methyl sites for hydroxylation is 2. The molecule has 0 unspecified atom stereocenters. The molecule has 62 heavy (non-hydrogen) atoms. The molecule has 0 bridgehead atoms. The van der Waals surface area contributed by atoms with Crippen LogP contribution in [0, 0.1) is 13.8 Å². The van der Waals surface area contributed by atoms with E-state index in [-0.39, 0.29) is 0 Å². The van der Waals surface area contributed by atoms with Gasteiger partial charge in [0.1, 0.15) is 11.5 Å². The number of nitrogens with zero attached hydrogens (tertiary/aromatic N) is 2. The maximum atomic E-state index is 12.5. The van der Waals surface area contributed by atoms with Gasteiger partial charge in [-0.3, -0.25) is 0 Å². The number of rotatable bonds is 11.